The number of aromatic amines is 1. The molecule has 0 fully saturated rings. The summed E-state index contributed by atoms with van der Waals surface area (Å²) in [6.45, 7) is 3.35. The highest BCUT2D eigenvalue weighted by molar-refractivity contribution is 5.93. The summed E-state index contributed by atoms with van der Waals surface area (Å²) < 4.78 is 29.8. The number of aryl methyl sites for hydroxylation is 1. The zero-order valence-electron chi connectivity index (χ0n) is 10.5. The van der Waals surface area contributed by atoms with Crippen molar-refractivity contribution < 1.29 is 18.0 Å². The molecule has 6 heteroatoms. The van der Waals surface area contributed by atoms with Crippen molar-refractivity contribution >= 4 is 5.91 Å². The van der Waals surface area contributed by atoms with Crippen LogP contribution in [0.4, 0.5) is 8.78 Å². The van der Waals surface area contributed by atoms with Gasteiger partial charge >= 0.3 is 0 Å². The van der Waals surface area contributed by atoms with Crippen LogP contribution in [-0.4, -0.2) is 10.9 Å². The van der Waals surface area contributed by atoms with E-state index in [9.17, 15) is 13.6 Å². The number of furan rings is 1. The van der Waals surface area contributed by atoms with Crippen molar-refractivity contribution in [3.05, 3.63) is 47.2 Å². The molecule has 2 heterocycles. The van der Waals surface area contributed by atoms with Gasteiger partial charge in [0.25, 0.3) is 12.3 Å². The lowest BCUT2D eigenvalue weighted by Gasteiger charge is -2.11. The summed E-state index contributed by atoms with van der Waals surface area (Å²) in [5.74, 6) is -1.07. The summed E-state index contributed by atoms with van der Waals surface area (Å²) in [5.41, 5.74) is 1.22. The molecule has 0 spiro atoms. The van der Waals surface area contributed by atoms with E-state index in [0.29, 0.717) is 5.56 Å². The number of halogens is 2. The molecule has 1 atom stereocenters. The van der Waals surface area contributed by atoms with Crippen LogP contribution in [0.3, 0.4) is 0 Å². The van der Waals surface area contributed by atoms with E-state index in [1.165, 1.54) is 6.07 Å². The molecule has 0 bridgehead atoms. The first-order chi connectivity index (χ1) is 8.99. The second-order valence-electron chi connectivity index (χ2n) is 4.28. The van der Waals surface area contributed by atoms with E-state index in [1.807, 2.05) is 12.1 Å². The maximum Gasteiger partial charge on any atom is 0.295 e. The molecule has 2 N–H and O–H groups in total. The number of hydrogen-bond donors (Lipinski definition) is 2. The van der Waals surface area contributed by atoms with Crippen molar-refractivity contribution in [2.45, 2.75) is 26.3 Å². The monoisotopic (exact) mass is 268 g/mol. The molecule has 0 saturated carbocycles. The third-order valence-corrected chi connectivity index (χ3v) is 2.79. The van der Waals surface area contributed by atoms with Gasteiger partial charge < -0.3 is 14.7 Å². The maximum absolute atomic E-state index is 12.5. The van der Waals surface area contributed by atoms with Gasteiger partial charge in [-0.1, -0.05) is 0 Å². The van der Waals surface area contributed by atoms with Gasteiger partial charge in [0.15, 0.2) is 11.5 Å². The van der Waals surface area contributed by atoms with E-state index in [4.69, 9.17) is 4.42 Å². The fourth-order valence-electron chi connectivity index (χ4n) is 1.79. The summed E-state index contributed by atoms with van der Waals surface area (Å²) >= 11 is 0. The Morgan fingerprint density at radius 2 is 2.21 bits per heavy atom. The molecule has 2 aromatic heterocycles. The SMILES string of the molecule is Cc1cc(C(F)F)oc1C(=O)N[C@@H](C)c1ccc[nH]1. The summed E-state index contributed by atoms with van der Waals surface area (Å²) in [5, 5.41) is 2.68. The third-order valence-electron chi connectivity index (χ3n) is 2.79. The summed E-state index contributed by atoms with van der Waals surface area (Å²) in [6.07, 6.45) is -0.980. The Morgan fingerprint density at radius 3 is 2.74 bits per heavy atom. The smallest absolute Gasteiger partial charge is 0.295 e. The normalized spacial score (nSPS) is 12.7. The van der Waals surface area contributed by atoms with E-state index in [2.05, 4.69) is 10.3 Å². The highest BCUT2D eigenvalue weighted by Crippen LogP contribution is 2.24. The first-order valence-corrected chi connectivity index (χ1v) is 5.81. The molecule has 0 saturated heterocycles. The molecule has 0 aliphatic rings. The number of carbonyl (C=O) groups excluding carboxylic acids is 1. The fourth-order valence-corrected chi connectivity index (χ4v) is 1.79. The number of nitrogens with one attached hydrogen (secondary N) is 2. The van der Waals surface area contributed by atoms with Crippen molar-refractivity contribution in [3.8, 4) is 0 Å². The van der Waals surface area contributed by atoms with E-state index in [-0.39, 0.29) is 11.8 Å². The Labute approximate surface area is 108 Å². The quantitative estimate of drug-likeness (QED) is 0.893. The Hall–Kier alpha value is -2.11. The molecular formula is C13H14F2N2O2. The van der Waals surface area contributed by atoms with Gasteiger partial charge in [0.05, 0.1) is 6.04 Å². The standard InChI is InChI=1S/C13H14F2N2O2/c1-7-6-10(12(14)15)19-11(7)13(18)17-8(2)9-4-3-5-16-9/h3-6,8,12,16H,1-2H3,(H,17,18)/t8-/m0/s1. The lowest BCUT2D eigenvalue weighted by molar-refractivity contribution is 0.0884. The zero-order valence-corrected chi connectivity index (χ0v) is 10.5. The Morgan fingerprint density at radius 1 is 1.47 bits per heavy atom. The van der Waals surface area contributed by atoms with Crippen molar-refractivity contribution in [2.24, 2.45) is 0 Å². The second kappa shape index (κ2) is 5.26. The Balaban J connectivity index is 2.12. The van der Waals surface area contributed by atoms with Gasteiger partial charge in [-0.2, -0.15) is 0 Å². The molecule has 4 nitrogen and oxygen atoms in total. The van der Waals surface area contributed by atoms with Gasteiger partial charge in [0, 0.05) is 17.5 Å². The van der Waals surface area contributed by atoms with Crippen LogP contribution < -0.4 is 5.32 Å². The third kappa shape index (κ3) is 2.83. The van der Waals surface area contributed by atoms with Crippen LogP contribution in [0.25, 0.3) is 0 Å². The molecule has 0 aliphatic heterocycles. The largest absolute Gasteiger partial charge is 0.450 e. The Bertz CT molecular complexity index is 561. The number of aromatic nitrogens is 1. The van der Waals surface area contributed by atoms with Gasteiger partial charge in [-0.15, -0.1) is 0 Å². The van der Waals surface area contributed by atoms with Gasteiger partial charge in [0.1, 0.15) is 0 Å². The van der Waals surface area contributed by atoms with E-state index < -0.39 is 18.1 Å². The van der Waals surface area contributed by atoms with E-state index >= 15 is 0 Å². The van der Waals surface area contributed by atoms with Gasteiger partial charge in [0.2, 0.25) is 0 Å². The average molecular weight is 268 g/mol. The fraction of sp³-hybridized carbons (Fsp3) is 0.308. The number of alkyl halides is 2. The van der Waals surface area contributed by atoms with Crippen molar-refractivity contribution in [1.29, 1.82) is 0 Å². The molecular weight excluding hydrogens is 254 g/mol. The lowest BCUT2D eigenvalue weighted by atomic mass is 10.2. The van der Waals surface area contributed by atoms with Crippen LogP contribution >= 0.6 is 0 Å². The van der Waals surface area contributed by atoms with Crippen LogP contribution in [0.2, 0.25) is 0 Å². The molecule has 1 amide bonds. The molecule has 2 aromatic rings. The van der Waals surface area contributed by atoms with Crippen LogP contribution in [-0.2, 0) is 0 Å². The van der Waals surface area contributed by atoms with Crippen LogP contribution in [0.1, 0.15) is 47.0 Å². The second-order valence-corrected chi connectivity index (χ2v) is 4.28. The summed E-state index contributed by atoms with van der Waals surface area (Å²) in [6, 6.07) is 4.55. The van der Waals surface area contributed by atoms with Crippen LogP contribution in [0, 0.1) is 6.92 Å². The van der Waals surface area contributed by atoms with Gasteiger partial charge in [-0.25, -0.2) is 8.78 Å². The predicted octanol–water partition coefficient (Wildman–Crippen LogP) is 3.34. The first-order valence-electron chi connectivity index (χ1n) is 5.81. The molecule has 19 heavy (non-hydrogen) atoms. The van der Waals surface area contributed by atoms with E-state index in [0.717, 1.165) is 5.69 Å². The number of hydrogen-bond acceptors (Lipinski definition) is 2. The number of rotatable bonds is 4. The molecule has 102 valence electrons. The predicted molar refractivity (Wildman–Crippen MR) is 65.1 cm³/mol. The Kier molecular flexibility index (Phi) is 3.69. The molecule has 0 aromatic carbocycles. The number of amides is 1. The zero-order chi connectivity index (χ0) is 14.0. The van der Waals surface area contributed by atoms with Crippen molar-refractivity contribution in [1.82, 2.24) is 10.3 Å². The minimum Gasteiger partial charge on any atom is -0.450 e. The highest BCUT2D eigenvalue weighted by Gasteiger charge is 2.21. The average Bonchev–Trinajstić information content (AvgIpc) is 2.97. The molecule has 0 aliphatic carbocycles. The van der Waals surface area contributed by atoms with Gasteiger partial charge in [-0.05, 0) is 32.0 Å². The highest BCUT2D eigenvalue weighted by atomic mass is 19.3. The molecule has 0 radical (unpaired) electrons. The topological polar surface area (TPSA) is 58.0 Å². The van der Waals surface area contributed by atoms with Crippen LogP contribution in [0.5, 0.6) is 0 Å². The lowest BCUT2D eigenvalue weighted by Crippen LogP contribution is -2.27. The number of H-pyrrole nitrogens is 1. The molecule has 2 rings (SSSR count). The molecule has 0 unspecified atom stereocenters. The minimum absolute atomic E-state index is 0.0753. The van der Waals surface area contributed by atoms with Crippen molar-refractivity contribution in [2.75, 3.05) is 0 Å². The summed E-state index contributed by atoms with van der Waals surface area (Å²) in [4.78, 5) is 14.9. The first kappa shape index (κ1) is 13.3. The van der Waals surface area contributed by atoms with E-state index in [1.54, 1.807) is 20.0 Å². The summed E-state index contributed by atoms with van der Waals surface area (Å²) in [7, 11) is 0. The van der Waals surface area contributed by atoms with Crippen LogP contribution in [0.15, 0.2) is 28.8 Å². The number of carbonyl (C=O) groups is 1. The van der Waals surface area contributed by atoms with Crippen molar-refractivity contribution in [3.63, 3.8) is 0 Å². The van der Waals surface area contributed by atoms with Gasteiger partial charge in [-0.3, -0.25) is 4.79 Å². The minimum atomic E-state index is -2.72. The maximum atomic E-state index is 12.5.